The highest BCUT2D eigenvalue weighted by molar-refractivity contribution is 8.47. The van der Waals surface area contributed by atoms with E-state index < -0.39 is 5.25 Å². The first-order chi connectivity index (χ1) is 20.7. The summed E-state index contributed by atoms with van der Waals surface area (Å²) in [7, 11) is 0. The van der Waals surface area contributed by atoms with Crippen LogP contribution < -0.4 is 0 Å². The van der Waals surface area contributed by atoms with E-state index >= 15 is 0 Å². The third-order valence-corrected chi connectivity index (χ3v) is 10.5. The smallest absolute Gasteiger partial charge is 0.330 e. The van der Waals surface area contributed by atoms with Crippen molar-refractivity contribution < 1.29 is 19.1 Å². The minimum Gasteiger partial charge on any atom is -0.465 e. The van der Waals surface area contributed by atoms with Gasteiger partial charge in [0, 0.05) is 6.08 Å². The van der Waals surface area contributed by atoms with Gasteiger partial charge in [-0.2, -0.15) is 0 Å². The summed E-state index contributed by atoms with van der Waals surface area (Å²) in [5.41, 5.74) is 2.00. The maximum absolute atomic E-state index is 13.2. The fourth-order valence-corrected chi connectivity index (χ4v) is 7.23. The maximum atomic E-state index is 13.2. The zero-order valence-corrected chi connectivity index (χ0v) is 31.1. The maximum Gasteiger partial charge on any atom is 0.330 e. The standard InChI is InChI=1S/C36H64O4S3/c1-8-11-14-15-16-17-18-19-20-21-26-42-36(41)43-34(35(38)40-25-13-10-3)30(6)22-23-32(27-29(4)5)31(7)28-33(37)39-24-12-9-2/h22,28-29,32,34H,8-21,23-27H2,1-7H3/b30-22+,31-28+/t32?,34-/m1/s1. The lowest BCUT2D eigenvalue weighted by atomic mass is 9.87. The second kappa shape index (κ2) is 28.7. The van der Waals surface area contributed by atoms with Gasteiger partial charge in [-0.25, -0.2) is 4.79 Å². The Bertz CT molecular complexity index is 806. The van der Waals surface area contributed by atoms with Crippen molar-refractivity contribution in [3.05, 3.63) is 23.3 Å². The molecule has 0 saturated carbocycles. The number of esters is 2. The predicted octanol–water partition coefficient (Wildman–Crippen LogP) is 11.7. The number of carbonyl (C=O) groups excluding carboxylic acids is 2. The van der Waals surface area contributed by atoms with Gasteiger partial charge >= 0.3 is 11.9 Å². The molecule has 0 aliphatic heterocycles. The molecule has 0 aromatic carbocycles. The number of rotatable bonds is 26. The Hall–Kier alpha value is -0.790. The molecule has 0 rings (SSSR count). The van der Waals surface area contributed by atoms with Crippen LogP contribution in [0.25, 0.3) is 0 Å². The quantitative estimate of drug-likeness (QED) is 0.0302. The summed E-state index contributed by atoms with van der Waals surface area (Å²) in [6, 6.07) is 0. The average molecular weight is 657 g/mol. The molecule has 2 atom stereocenters. The lowest BCUT2D eigenvalue weighted by Crippen LogP contribution is -2.23. The highest BCUT2D eigenvalue weighted by Gasteiger charge is 2.25. The average Bonchev–Trinajstić information content (AvgIpc) is 2.96. The van der Waals surface area contributed by atoms with Crippen LogP contribution in [0.5, 0.6) is 0 Å². The van der Waals surface area contributed by atoms with E-state index in [2.05, 4.69) is 40.7 Å². The van der Waals surface area contributed by atoms with Gasteiger partial charge in [0.15, 0.2) is 0 Å². The number of carbonyl (C=O) groups is 2. The van der Waals surface area contributed by atoms with E-state index in [9.17, 15) is 9.59 Å². The van der Waals surface area contributed by atoms with Gasteiger partial charge in [0.05, 0.1) is 13.2 Å². The monoisotopic (exact) mass is 656 g/mol. The number of hydrogen-bond donors (Lipinski definition) is 0. The van der Waals surface area contributed by atoms with Crippen LogP contribution in [0.2, 0.25) is 0 Å². The lowest BCUT2D eigenvalue weighted by Gasteiger charge is -2.21. The van der Waals surface area contributed by atoms with E-state index in [0.717, 1.165) is 65.4 Å². The molecule has 4 nitrogen and oxygen atoms in total. The van der Waals surface area contributed by atoms with Crippen molar-refractivity contribution in [3.63, 3.8) is 0 Å². The Morgan fingerprint density at radius 3 is 1.84 bits per heavy atom. The summed E-state index contributed by atoms with van der Waals surface area (Å²) in [6.45, 7) is 15.8. The molecule has 43 heavy (non-hydrogen) atoms. The van der Waals surface area contributed by atoms with Crippen LogP contribution >= 0.6 is 35.7 Å². The van der Waals surface area contributed by atoms with E-state index in [1.807, 2.05) is 13.8 Å². The van der Waals surface area contributed by atoms with E-state index in [0.29, 0.717) is 19.1 Å². The summed E-state index contributed by atoms with van der Waals surface area (Å²) in [6.07, 6.45) is 22.4. The van der Waals surface area contributed by atoms with Crippen molar-refractivity contribution in [1.82, 2.24) is 0 Å². The highest BCUT2D eigenvalue weighted by atomic mass is 32.2. The fraction of sp³-hybridized carbons (Fsp3) is 0.806. The summed E-state index contributed by atoms with van der Waals surface area (Å²) in [5.74, 6) is 1.21. The van der Waals surface area contributed by atoms with Crippen molar-refractivity contribution in [3.8, 4) is 0 Å². The molecule has 0 aliphatic carbocycles. The van der Waals surface area contributed by atoms with E-state index in [1.165, 1.54) is 69.5 Å². The fourth-order valence-electron chi connectivity index (χ4n) is 4.73. The first kappa shape index (κ1) is 42.2. The summed E-state index contributed by atoms with van der Waals surface area (Å²) in [5, 5.41) is -0.437. The number of allylic oxidation sites excluding steroid dienone is 2. The Morgan fingerprint density at radius 1 is 0.744 bits per heavy atom. The van der Waals surface area contributed by atoms with Crippen molar-refractivity contribution in [2.45, 2.75) is 156 Å². The predicted molar refractivity (Wildman–Crippen MR) is 195 cm³/mol. The Morgan fingerprint density at radius 2 is 1.28 bits per heavy atom. The Balaban J connectivity index is 5.10. The molecule has 0 fully saturated rings. The molecular formula is C36H64O4S3. The first-order valence-electron chi connectivity index (χ1n) is 17.2. The minimum absolute atomic E-state index is 0.202. The summed E-state index contributed by atoms with van der Waals surface area (Å²) >= 11 is 8.89. The van der Waals surface area contributed by atoms with Crippen LogP contribution in [0.4, 0.5) is 0 Å². The lowest BCUT2D eigenvalue weighted by molar-refractivity contribution is -0.142. The van der Waals surface area contributed by atoms with Gasteiger partial charge in [-0.15, -0.1) is 11.8 Å². The van der Waals surface area contributed by atoms with Crippen molar-refractivity contribution >= 4 is 51.2 Å². The van der Waals surface area contributed by atoms with Gasteiger partial charge in [-0.05, 0) is 63.5 Å². The van der Waals surface area contributed by atoms with Crippen molar-refractivity contribution in [1.29, 1.82) is 0 Å². The van der Waals surface area contributed by atoms with Gasteiger partial charge in [0.2, 0.25) is 0 Å². The topological polar surface area (TPSA) is 52.6 Å². The molecule has 0 aromatic rings. The van der Waals surface area contributed by atoms with Gasteiger partial charge < -0.3 is 9.47 Å². The Kier molecular flexibility index (Phi) is 28.1. The molecule has 1 unspecified atom stereocenters. The molecule has 0 heterocycles. The van der Waals surface area contributed by atoms with Gasteiger partial charge in [-0.3, -0.25) is 4.79 Å². The summed E-state index contributed by atoms with van der Waals surface area (Å²) < 4.78 is 11.8. The molecule has 0 radical (unpaired) electrons. The molecular weight excluding hydrogens is 593 g/mol. The SMILES string of the molecule is CCCCCCCCCCCCSC(=S)S[C@@H](C(=O)OCCCC)/C(C)=C/CC(CC(C)C)/C(C)=C/C(=O)OCCCC. The van der Waals surface area contributed by atoms with Crippen LogP contribution in [0.3, 0.4) is 0 Å². The molecule has 0 bridgehead atoms. The van der Waals surface area contributed by atoms with E-state index in [4.69, 9.17) is 21.7 Å². The number of thioether (sulfide) groups is 2. The molecule has 0 saturated heterocycles. The van der Waals surface area contributed by atoms with Crippen LogP contribution in [0, 0.1) is 11.8 Å². The molecule has 0 aliphatic rings. The number of ether oxygens (including phenoxy) is 2. The van der Waals surface area contributed by atoms with Crippen molar-refractivity contribution in [2.75, 3.05) is 19.0 Å². The van der Waals surface area contributed by atoms with E-state index in [1.54, 1.807) is 17.8 Å². The normalized spacial score (nSPS) is 13.7. The molecule has 7 heteroatoms. The number of unbranched alkanes of at least 4 members (excludes halogenated alkanes) is 11. The van der Waals surface area contributed by atoms with Crippen LogP contribution in [-0.2, 0) is 19.1 Å². The van der Waals surface area contributed by atoms with Crippen LogP contribution in [0.1, 0.15) is 151 Å². The summed E-state index contributed by atoms with van der Waals surface area (Å²) in [4.78, 5) is 25.5. The third kappa shape index (κ3) is 24.2. The molecule has 0 spiro atoms. The molecule has 0 amide bonds. The third-order valence-electron chi connectivity index (χ3n) is 7.51. The first-order valence-corrected chi connectivity index (χ1v) is 19.4. The number of hydrogen-bond acceptors (Lipinski definition) is 7. The second-order valence-corrected chi connectivity index (χ2v) is 15.6. The number of thiocarbonyl (C=S) groups is 1. The van der Waals surface area contributed by atoms with Gasteiger partial charge in [0.1, 0.15) is 8.78 Å². The second-order valence-electron chi connectivity index (χ2n) is 12.2. The van der Waals surface area contributed by atoms with Gasteiger partial charge in [-0.1, -0.05) is 146 Å². The highest BCUT2D eigenvalue weighted by Crippen LogP contribution is 2.31. The minimum atomic E-state index is -0.437. The zero-order valence-electron chi connectivity index (χ0n) is 28.7. The van der Waals surface area contributed by atoms with Crippen molar-refractivity contribution in [2.24, 2.45) is 11.8 Å². The molecule has 0 N–H and O–H groups in total. The molecule has 250 valence electrons. The van der Waals surface area contributed by atoms with Crippen LogP contribution in [0.15, 0.2) is 23.3 Å². The van der Waals surface area contributed by atoms with E-state index in [-0.39, 0.29) is 17.9 Å². The van der Waals surface area contributed by atoms with Crippen LogP contribution in [-0.4, -0.2) is 39.7 Å². The zero-order chi connectivity index (χ0) is 32.3. The largest absolute Gasteiger partial charge is 0.465 e. The molecule has 0 aromatic heterocycles. The van der Waals surface area contributed by atoms with Gasteiger partial charge in [0.25, 0.3) is 0 Å². The Labute approximate surface area is 279 Å².